The molecule has 116 valence electrons. The third kappa shape index (κ3) is 3.13. The first-order chi connectivity index (χ1) is 10.8. The van der Waals surface area contributed by atoms with E-state index in [0.29, 0.717) is 19.7 Å². The number of rotatable bonds is 5. The molecule has 1 atom stereocenters. The lowest BCUT2D eigenvalue weighted by Gasteiger charge is -2.29. The van der Waals surface area contributed by atoms with Crippen LogP contribution in [0.5, 0.6) is 5.75 Å². The molecule has 1 unspecified atom stereocenters. The number of hydrogen-bond acceptors (Lipinski definition) is 3. The van der Waals surface area contributed by atoms with Gasteiger partial charge in [-0.2, -0.15) is 5.10 Å². The molecule has 0 saturated heterocycles. The van der Waals surface area contributed by atoms with Gasteiger partial charge in [-0.15, -0.1) is 0 Å². The molecule has 0 saturated carbocycles. The zero-order chi connectivity index (χ0) is 15.4. The van der Waals surface area contributed by atoms with E-state index >= 15 is 0 Å². The van der Waals surface area contributed by atoms with E-state index in [1.165, 1.54) is 0 Å². The molecule has 3 rings (SSSR count). The molecule has 22 heavy (non-hydrogen) atoms. The van der Waals surface area contributed by atoms with Crippen molar-refractivity contribution < 1.29 is 9.53 Å². The molecular formula is C17H21N3O2. The van der Waals surface area contributed by atoms with Crippen molar-refractivity contribution in [1.29, 1.82) is 0 Å². The van der Waals surface area contributed by atoms with Crippen LogP contribution in [0.4, 0.5) is 0 Å². The topological polar surface area (TPSA) is 47.4 Å². The van der Waals surface area contributed by atoms with Crippen molar-refractivity contribution in [3.63, 3.8) is 0 Å². The van der Waals surface area contributed by atoms with Gasteiger partial charge in [0.2, 0.25) is 5.91 Å². The summed E-state index contributed by atoms with van der Waals surface area (Å²) < 4.78 is 7.59. The SMILES string of the molecule is CCN(CCn1cccn1)C(=O)C1COc2ccccc2C1. The van der Waals surface area contributed by atoms with Crippen molar-refractivity contribution in [1.82, 2.24) is 14.7 Å². The highest BCUT2D eigenvalue weighted by atomic mass is 16.5. The maximum atomic E-state index is 12.7. The molecule has 2 aromatic rings. The van der Waals surface area contributed by atoms with Crippen molar-refractivity contribution in [2.45, 2.75) is 19.9 Å². The first kappa shape index (κ1) is 14.6. The smallest absolute Gasteiger partial charge is 0.229 e. The highest BCUT2D eigenvalue weighted by Crippen LogP contribution is 2.27. The van der Waals surface area contributed by atoms with Crippen LogP contribution in [-0.2, 0) is 17.8 Å². The van der Waals surface area contributed by atoms with Crippen LogP contribution in [0.3, 0.4) is 0 Å². The molecule has 0 spiro atoms. The van der Waals surface area contributed by atoms with Crippen LogP contribution >= 0.6 is 0 Å². The van der Waals surface area contributed by atoms with Crippen LogP contribution in [-0.4, -0.2) is 40.3 Å². The van der Waals surface area contributed by atoms with Gasteiger partial charge in [0.1, 0.15) is 12.4 Å². The highest BCUT2D eigenvalue weighted by molar-refractivity contribution is 5.79. The van der Waals surface area contributed by atoms with Crippen molar-refractivity contribution in [3.05, 3.63) is 48.3 Å². The molecule has 0 radical (unpaired) electrons. The minimum Gasteiger partial charge on any atom is -0.492 e. The van der Waals surface area contributed by atoms with E-state index in [4.69, 9.17) is 4.74 Å². The maximum Gasteiger partial charge on any atom is 0.229 e. The van der Waals surface area contributed by atoms with Gasteiger partial charge in [0, 0.05) is 25.5 Å². The lowest BCUT2D eigenvalue weighted by molar-refractivity contribution is -0.136. The summed E-state index contributed by atoms with van der Waals surface area (Å²) in [5.74, 6) is 0.989. The number of benzene rings is 1. The number of fused-ring (bicyclic) bond motifs is 1. The Hall–Kier alpha value is -2.30. The molecule has 0 bridgehead atoms. The van der Waals surface area contributed by atoms with Gasteiger partial charge < -0.3 is 9.64 Å². The lowest BCUT2D eigenvalue weighted by Crippen LogP contribution is -2.42. The minimum absolute atomic E-state index is 0.0903. The number of likely N-dealkylation sites (N-methyl/N-ethyl adjacent to an activating group) is 1. The molecule has 1 amide bonds. The molecule has 5 heteroatoms. The molecule has 1 aromatic heterocycles. The van der Waals surface area contributed by atoms with Gasteiger partial charge in [-0.3, -0.25) is 9.48 Å². The fourth-order valence-corrected chi connectivity index (χ4v) is 2.82. The van der Waals surface area contributed by atoms with E-state index in [2.05, 4.69) is 5.10 Å². The Morgan fingerprint density at radius 3 is 3.05 bits per heavy atom. The van der Waals surface area contributed by atoms with E-state index in [1.54, 1.807) is 6.20 Å². The zero-order valence-electron chi connectivity index (χ0n) is 12.8. The van der Waals surface area contributed by atoms with Crippen molar-refractivity contribution >= 4 is 5.91 Å². The molecular weight excluding hydrogens is 278 g/mol. The van der Waals surface area contributed by atoms with Crippen LogP contribution in [0.2, 0.25) is 0 Å². The van der Waals surface area contributed by atoms with Crippen LogP contribution in [0.15, 0.2) is 42.7 Å². The van der Waals surface area contributed by atoms with Gasteiger partial charge in [0.25, 0.3) is 0 Å². The second-order valence-corrected chi connectivity index (χ2v) is 5.51. The second-order valence-electron chi connectivity index (χ2n) is 5.51. The normalized spacial score (nSPS) is 16.7. The summed E-state index contributed by atoms with van der Waals surface area (Å²) in [5.41, 5.74) is 1.12. The quantitative estimate of drug-likeness (QED) is 0.848. The predicted molar refractivity (Wildman–Crippen MR) is 83.6 cm³/mol. The van der Waals surface area contributed by atoms with Crippen LogP contribution in [0, 0.1) is 5.92 Å². The first-order valence-corrected chi connectivity index (χ1v) is 7.75. The summed E-state index contributed by atoms with van der Waals surface area (Å²) in [7, 11) is 0. The summed E-state index contributed by atoms with van der Waals surface area (Å²) in [4.78, 5) is 14.6. The molecule has 2 heterocycles. The predicted octanol–water partition coefficient (Wildman–Crippen LogP) is 1.98. The lowest BCUT2D eigenvalue weighted by atomic mass is 9.95. The maximum absolute atomic E-state index is 12.7. The summed E-state index contributed by atoms with van der Waals surface area (Å²) >= 11 is 0. The number of hydrogen-bond donors (Lipinski definition) is 0. The van der Waals surface area contributed by atoms with E-state index in [9.17, 15) is 4.79 Å². The number of para-hydroxylation sites is 1. The summed E-state index contributed by atoms with van der Waals surface area (Å²) in [6, 6.07) is 9.85. The summed E-state index contributed by atoms with van der Waals surface area (Å²) in [6.07, 6.45) is 4.43. The van der Waals surface area contributed by atoms with Crippen molar-refractivity contribution in [3.8, 4) is 5.75 Å². The summed E-state index contributed by atoms with van der Waals surface area (Å²) in [6.45, 7) is 4.58. The van der Waals surface area contributed by atoms with Crippen LogP contribution in [0.25, 0.3) is 0 Å². The Labute approximate surface area is 130 Å². The molecule has 0 aliphatic carbocycles. The molecule has 5 nitrogen and oxygen atoms in total. The van der Waals surface area contributed by atoms with E-state index in [1.807, 2.05) is 53.0 Å². The third-order valence-corrected chi connectivity index (χ3v) is 4.08. The van der Waals surface area contributed by atoms with E-state index < -0.39 is 0 Å². The molecule has 1 aliphatic rings. The Morgan fingerprint density at radius 1 is 1.41 bits per heavy atom. The number of carbonyl (C=O) groups is 1. The fourth-order valence-electron chi connectivity index (χ4n) is 2.82. The number of ether oxygens (including phenoxy) is 1. The number of aromatic nitrogens is 2. The first-order valence-electron chi connectivity index (χ1n) is 7.75. The molecule has 1 aliphatic heterocycles. The second kappa shape index (κ2) is 6.64. The highest BCUT2D eigenvalue weighted by Gasteiger charge is 2.28. The van der Waals surface area contributed by atoms with E-state index in [-0.39, 0.29) is 11.8 Å². The summed E-state index contributed by atoms with van der Waals surface area (Å²) in [5, 5.41) is 4.18. The van der Waals surface area contributed by atoms with Gasteiger partial charge in [-0.25, -0.2) is 0 Å². The monoisotopic (exact) mass is 299 g/mol. The average Bonchev–Trinajstić information content (AvgIpc) is 3.08. The standard InChI is InChI=1S/C17H21N3O2/c1-2-19(10-11-20-9-5-8-18-20)17(21)15-12-14-6-3-4-7-16(14)22-13-15/h3-9,15H,2,10-13H2,1H3. The van der Waals surface area contributed by atoms with Crippen LogP contribution < -0.4 is 4.74 Å². The third-order valence-electron chi connectivity index (χ3n) is 4.08. The Bertz CT molecular complexity index is 625. The van der Waals surface area contributed by atoms with Gasteiger partial charge in [-0.05, 0) is 31.0 Å². The fraction of sp³-hybridized carbons (Fsp3) is 0.412. The van der Waals surface area contributed by atoms with Gasteiger partial charge in [0.15, 0.2) is 0 Å². The molecule has 0 fully saturated rings. The zero-order valence-corrected chi connectivity index (χ0v) is 12.8. The Balaban J connectivity index is 1.62. The van der Waals surface area contributed by atoms with Crippen LogP contribution in [0.1, 0.15) is 12.5 Å². The van der Waals surface area contributed by atoms with Crippen molar-refractivity contribution in [2.75, 3.05) is 19.7 Å². The Morgan fingerprint density at radius 2 is 2.27 bits per heavy atom. The van der Waals surface area contributed by atoms with E-state index in [0.717, 1.165) is 24.3 Å². The Kier molecular flexibility index (Phi) is 4.42. The van der Waals surface area contributed by atoms with Gasteiger partial charge >= 0.3 is 0 Å². The van der Waals surface area contributed by atoms with Gasteiger partial charge in [-0.1, -0.05) is 18.2 Å². The number of nitrogens with zero attached hydrogens (tertiary/aromatic N) is 3. The number of carbonyl (C=O) groups excluding carboxylic acids is 1. The average molecular weight is 299 g/mol. The molecule has 0 N–H and O–H groups in total. The molecule has 1 aromatic carbocycles. The number of amides is 1. The minimum atomic E-state index is -0.0903. The van der Waals surface area contributed by atoms with Gasteiger partial charge in [0.05, 0.1) is 12.5 Å². The van der Waals surface area contributed by atoms with Crippen molar-refractivity contribution in [2.24, 2.45) is 5.92 Å². The largest absolute Gasteiger partial charge is 0.492 e.